The molecule has 0 saturated heterocycles. The summed E-state index contributed by atoms with van der Waals surface area (Å²) in [6, 6.07) is 14.5. The van der Waals surface area contributed by atoms with Gasteiger partial charge in [0.25, 0.3) is 0 Å². The molecule has 102 valence electrons. The summed E-state index contributed by atoms with van der Waals surface area (Å²) in [6.07, 6.45) is 1.63. The zero-order chi connectivity index (χ0) is 14.8. The number of rotatable bonds is 2. The Morgan fingerprint density at radius 2 is 2.00 bits per heavy atom. The van der Waals surface area contributed by atoms with Gasteiger partial charge >= 0.3 is 0 Å². The van der Waals surface area contributed by atoms with Gasteiger partial charge in [-0.3, -0.25) is 0 Å². The van der Waals surface area contributed by atoms with Crippen LogP contribution in [0.5, 0.6) is 0 Å². The van der Waals surface area contributed by atoms with E-state index in [1.807, 2.05) is 18.2 Å². The van der Waals surface area contributed by atoms with E-state index in [1.54, 1.807) is 30.3 Å². The molecule has 0 spiro atoms. The number of fused-ring (bicyclic) bond motifs is 1. The summed E-state index contributed by atoms with van der Waals surface area (Å²) in [5.41, 5.74) is 2.32. The van der Waals surface area contributed by atoms with E-state index in [4.69, 9.17) is 27.6 Å². The second kappa shape index (κ2) is 5.61. The Labute approximate surface area is 131 Å². The second-order valence-corrected chi connectivity index (χ2v) is 5.17. The van der Waals surface area contributed by atoms with Crippen molar-refractivity contribution in [1.29, 1.82) is 5.26 Å². The fourth-order valence-electron chi connectivity index (χ4n) is 1.90. The molecule has 0 aliphatic heterocycles. The average Bonchev–Trinajstić information content (AvgIpc) is 2.90. The van der Waals surface area contributed by atoms with Gasteiger partial charge in [-0.1, -0.05) is 41.4 Å². The molecule has 0 saturated carbocycles. The Bertz CT molecular complexity index is 858. The summed E-state index contributed by atoms with van der Waals surface area (Å²) in [5.74, 6) is 0.268. The Morgan fingerprint density at radius 1 is 1.19 bits per heavy atom. The van der Waals surface area contributed by atoms with E-state index in [-0.39, 0.29) is 5.89 Å². The highest BCUT2D eigenvalue weighted by atomic mass is 35.5. The zero-order valence-corrected chi connectivity index (χ0v) is 12.2. The van der Waals surface area contributed by atoms with E-state index in [0.717, 1.165) is 0 Å². The molecule has 0 atom stereocenters. The molecule has 0 N–H and O–H groups in total. The number of hydrogen-bond donors (Lipinski definition) is 0. The number of nitriles is 1. The van der Waals surface area contributed by atoms with E-state index >= 15 is 0 Å². The highest BCUT2D eigenvalue weighted by molar-refractivity contribution is 6.35. The van der Waals surface area contributed by atoms with E-state index in [2.05, 4.69) is 11.1 Å². The van der Waals surface area contributed by atoms with Crippen LogP contribution in [0.4, 0.5) is 0 Å². The van der Waals surface area contributed by atoms with Crippen molar-refractivity contribution in [2.24, 2.45) is 0 Å². The number of hydrogen-bond acceptors (Lipinski definition) is 3. The maximum absolute atomic E-state index is 9.32. The molecule has 0 aliphatic carbocycles. The molecule has 1 heterocycles. The molecule has 0 fully saturated rings. The molecular weight excluding hydrogens is 307 g/mol. The lowest BCUT2D eigenvalue weighted by Gasteiger charge is -1.99. The van der Waals surface area contributed by atoms with E-state index in [0.29, 0.717) is 32.3 Å². The monoisotopic (exact) mass is 314 g/mol. The zero-order valence-electron chi connectivity index (χ0n) is 10.7. The molecule has 0 unspecified atom stereocenters. The molecule has 2 aromatic carbocycles. The smallest absolute Gasteiger partial charge is 0.238 e. The SMILES string of the molecule is N#CC(=Cc1ccc(Cl)cc1Cl)c1nc2ccccc2o1. The van der Waals surface area contributed by atoms with Gasteiger partial charge in [-0.2, -0.15) is 5.26 Å². The highest BCUT2D eigenvalue weighted by Gasteiger charge is 2.11. The van der Waals surface area contributed by atoms with Crippen LogP contribution in [0.2, 0.25) is 10.0 Å². The van der Waals surface area contributed by atoms with Crippen molar-refractivity contribution >= 4 is 46.0 Å². The molecule has 1 aromatic heterocycles. The Morgan fingerprint density at radius 3 is 2.71 bits per heavy atom. The largest absolute Gasteiger partial charge is 0.435 e. The van der Waals surface area contributed by atoms with E-state index in [9.17, 15) is 5.26 Å². The van der Waals surface area contributed by atoms with Gasteiger partial charge in [0.1, 0.15) is 17.2 Å². The third-order valence-electron chi connectivity index (χ3n) is 2.91. The van der Waals surface area contributed by atoms with Gasteiger partial charge in [-0.15, -0.1) is 0 Å². The van der Waals surface area contributed by atoms with Gasteiger partial charge < -0.3 is 4.42 Å². The van der Waals surface area contributed by atoms with Crippen LogP contribution in [0, 0.1) is 11.3 Å². The van der Waals surface area contributed by atoms with Gasteiger partial charge in [-0.05, 0) is 35.9 Å². The minimum Gasteiger partial charge on any atom is -0.435 e. The first-order valence-electron chi connectivity index (χ1n) is 6.10. The average molecular weight is 315 g/mol. The minimum absolute atomic E-state index is 0.268. The van der Waals surface area contributed by atoms with Crippen LogP contribution in [-0.4, -0.2) is 4.98 Å². The first-order valence-corrected chi connectivity index (χ1v) is 6.86. The van der Waals surface area contributed by atoms with Crippen LogP contribution in [0.25, 0.3) is 22.7 Å². The van der Waals surface area contributed by atoms with Crippen molar-refractivity contribution in [2.75, 3.05) is 0 Å². The summed E-state index contributed by atoms with van der Waals surface area (Å²) in [4.78, 5) is 4.30. The normalized spacial score (nSPS) is 11.6. The van der Waals surface area contributed by atoms with Gasteiger partial charge in [0, 0.05) is 10.0 Å². The first-order chi connectivity index (χ1) is 10.2. The maximum atomic E-state index is 9.32. The first kappa shape index (κ1) is 13.7. The molecule has 21 heavy (non-hydrogen) atoms. The number of para-hydroxylation sites is 2. The molecule has 3 rings (SSSR count). The molecule has 0 radical (unpaired) electrons. The van der Waals surface area contributed by atoms with Crippen molar-refractivity contribution in [3.63, 3.8) is 0 Å². The number of benzene rings is 2. The fourth-order valence-corrected chi connectivity index (χ4v) is 2.37. The van der Waals surface area contributed by atoms with Gasteiger partial charge in [-0.25, -0.2) is 4.98 Å². The van der Waals surface area contributed by atoms with Gasteiger partial charge in [0.2, 0.25) is 5.89 Å². The molecule has 0 bridgehead atoms. The lowest BCUT2D eigenvalue weighted by Crippen LogP contribution is -1.83. The third kappa shape index (κ3) is 2.78. The number of allylic oxidation sites excluding steroid dienone is 1. The van der Waals surface area contributed by atoms with Crippen molar-refractivity contribution in [1.82, 2.24) is 4.98 Å². The van der Waals surface area contributed by atoms with Crippen LogP contribution in [0.15, 0.2) is 46.9 Å². The number of aromatic nitrogens is 1. The van der Waals surface area contributed by atoms with Crippen LogP contribution in [-0.2, 0) is 0 Å². The van der Waals surface area contributed by atoms with Gasteiger partial charge in [0.15, 0.2) is 5.58 Å². The summed E-state index contributed by atoms with van der Waals surface area (Å²) in [6.45, 7) is 0. The van der Waals surface area contributed by atoms with E-state index < -0.39 is 0 Å². The molecule has 3 nitrogen and oxygen atoms in total. The predicted molar refractivity (Wildman–Crippen MR) is 84.0 cm³/mol. The van der Waals surface area contributed by atoms with E-state index in [1.165, 1.54) is 0 Å². The van der Waals surface area contributed by atoms with Crippen LogP contribution < -0.4 is 0 Å². The van der Waals surface area contributed by atoms with Crippen LogP contribution in [0.1, 0.15) is 11.5 Å². The van der Waals surface area contributed by atoms with Crippen LogP contribution >= 0.6 is 23.2 Å². The van der Waals surface area contributed by atoms with Gasteiger partial charge in [0.05, 0.1) is 0 Å². The van der Waals surface area contributed by atoms with Crippen molar-refractivity contribution in [2.45, 2.75) is 0 Å². The molecule has 0 amide bonds. The Balaban J connectivity index is 2.09. The lowest BCUT2D eigenvalue weighted by molar-refractivity contribution is 0.586. The van der Waals surface area contributed by atoms with Crippen LogP contribution in [0.3, 0.4) is 0 Å². The number of nitrogens with zero attached hydrogens (tertiary/aromatic N) is 2. The second-order valence-electron chi connectivity index (χ2n) is 4.32. The number of halogens is 2. The number of oxazole rings is 1. The molecule has 5 heteroatoms. The minimum atomic E-state index is 0.268. The fraction of sp³-hybridized carbons (Fsp3) is 0. The van der Waals surface area contributed by atoms with Crippen molar-refractivity contribution < 1.29 is 4.42 Å². The van der Waals surface area contributed by atoms with Crippen molar-refractivity contribution in [3.05, 3.63) is 64.0 Å². The summed E-state index contributed by atoms with van der Waals surface area (Å²) in [7, 11) is 0. The maximum Gasteiger partial charge on any atom is 0.238 e. The Hall–Kier alpha value is -2.28. The summed E-state index contributed by atoms with van der Waals surface area (Å²) >= 11 is 12.0. The molecule has 0 aliphatic rings. The third-order valence-corrected chi connectivity index (χ3v) is 3.47. The quantitative estimate of drug-likeness (QED) is 0.611. The lowest BCUT2D eigenvalue weighted by atomic mass is 10.1. The van der Waals surface area contributed by atoms with Crippen molar-refractivity contribution in [3.8, 4) is 6.07 Å². The Kier molecular flexibility index (Phi) is 3.66. The predicted octanol–water partition coefficient (Wildman–Crippen LogP) is 5.20. The highest BCUT2D eigenvalue weighted by Crippen LogP contribution is 2.27. The standard InChI is InChI=1S/C16H8Cl2N2O/c17-12-6-5-10(13(18)8-12)7-11(9-19)16-20-14-3-1-2-4-15(14)21-16/h1-8H. The molecule has 3 aromatic rings. The molecular formula is C16H8Cl2N2O. The summed E-state index contributed by atoms with van der Waals surface area (Å²) < 4.78 is 5.59. The summed E-state index contributed by atoms with van der Waals surface area (Å²) in [5, 5.41) is 10.3. The topological polar surface area (TPSA) is 49.8 Å².